The number of hydrogen-bond donors (Lipinski definition) is 2. The van der Waals surface area contributed by atoms with Crippen LogP contribution in [0.25, 0.3) is 0 Å². The molecule has 0 spiro atoms. The molecule has 2 saturated carbocycles. The Morgan fingerprint density at radius 3 is 2.42 bits per heavy atom. The zero-order valence-corrected chi connectivity index (χ0v) is 15.8. The summed E-state index contributed by atoms with van der Waals surface area (Å²) in [6.07, 6.45) is 5.20. The standard InChI is InChI=1S/C22H32O2/c1-13-6-7-14-12-16-21(4)11-9-17(23)20(2,3)15(21)8-10-22(16,5)18(14)19(13)24/h6-7,15-17,23-24H,8-12H2,1-5H3. The second-order valence-corrected chi connectivity index (χ2v) is 9.91. The number of phenols is 1. The van der Waals surface area contributed by atoms with Gasteiger partial charge in [-0.1, -0.05) is 39.8 Å². The molecule has 24 heavy (non-hydrogen) atoms. The van der Waals surface area contributed by atoms with Crippen LogP contribution in [0, 0.1) is 29.6 Å². The van der Waals surface area contributed by atoms with E-state index < -0.39 is 0 Å². The number of fused-ring (bicyclic) bond motifs is 5. The van der Waals surface area contributed by atoms with Crippen LogP contribution >= 0.6 is 0 Å². The Labute approximate surface area is 146 Å². The third-order valence-corrected chi connectivity index (χ3v) is 8.49. The van der Waals surface area contributed by atoms with Gasteiger partial charge in [0, 0.05) is 11.0 Å². The maximum Gasteiger partial charge on any atom is 0.122 e. The Hall–Kier alpha value is -1.02. The van der Waals surface area contributed by atoms with E-state index >= 15 is 0 Å². The molecule has 0 aliphatic heterocycles. The van der Waals surface area contributed by atoms with E-state index in [4.69, 9.17) is 0 Å². The van der Waals surface area contributed by atoms with Crippen LogP contribution in [0.15, 0.2) is 12.1 Å². The Morgan fingerprint density at radius 2 is 1.71 bits per heavy atom. The normalized spacial score (nSPS) is 43.0. The SMILES string of the molecule is Cc1ccc2c(c1O)C1(C)CCC3C(C)(C)C(O)CCC3(C)C1C2. The van der Waals surface area contributed by atoms with Crippen molar-refractivity contribution < 1.29 is 10.2 Å². The predicted molar refractivity (Wildman–Crippen MR) is 97.2 cm³/mol. The van der Waals surface area contributed by atoms with Gasteiger partial charge in [-0.25, -0.2) is 0 Å². The zero-order valence-electron chi connectivity index (χ0n) is 15.8. The molecule has 3 aliphatic carbocycles. The maximum atomic E-state index is 10.8. The second kappa shape index (κ2) is 4.78. The molecule has 5 atom stereocenters. The molecule has 2 nitrogen and oxygen atoms in total. The number of aromatic hydroxyl groups is 1. The first-order chi connectivity index (χ1) is 11.1. The van der Waals surface area contributed by atoms with E-state index in [0.29, 0.717) is 17.6 Å². The van der Waals surface area contributed by atoms with E-state index in [1.165, 1.54) is 11.1 Å². The Bertz CT molecular complexity index is 691. The van der Waals surface area contributed by atoms with Crippen molar-refractivity contribution in [2.45, 2.75) is 78.2 Å². The number of aryl methyl sites for hydroxylation is 1. The van der Waals surface area contributed by atoms with Gasteiger partial charge in [0.05, 0.1) is 6.10 Å². The molecule has 0 saturated heterocycles. The third kappa shape index (κ3) is 1.81. The van der Waals surface area contributed by atoms with Crippen LogP contribution in [-0.4, -0.2) is 16.3 Å². The molecule has 5 unspecified atom stereocenters. The lowest BCUT2D eigenvalue weighted by molar-refractivity contribution is -0.151. The van der Waals surface area contributed by atoms with Gasteiger partial charge in [-0.2, -0.15) is 0 Å². The van der Waals surface area contributed by atoms with Gasteiger partial charge in [-0.15, -0.1) is 0 Å². The molecule has 0 radical (unpaired) electrons. The van der Waals surface area contributed by atoms with Crippen LogP contribution in [0.4, 0.5) is 0 Å². The van der Waals surface area contributed by atoms with Gasteiger partial charge in [-0.05, 0) is 72.8 Å². The lowest BCUT2D eigenvalue weighted by Crippen LogP contribution is -2.58. The number of hydrogen-bond acceptors (Lipinski definition) is 2. The van der Waals surface area contributed by atoms with E-state index in [1.54, 1.807) is 0 Å². The highest BCUT2D eigenvalue weighted by Crippen LogP contribution is 2.68. The van der Waals surface area contributed by atoms with Crippen molar-refractivity contribution >= 4 is 0 Å². The topological polar surface area (TPSA) is 40.5 Å². The summed E-state index contributed by atoms with van der Waals surface area (Å²) in [7, 11) is 0. The smallest absolute Gasteiger partial charge is 0.122 e. The molecule has 0 aromatic heterocycles. The molecule has 0 heterocycles. The van der Waals surface area contributed by atoms with Crippen molar-refractivity contribution in [2.75, 3.05) is 0 Å². The first-order valence-corrected chi connectivity index (χ1v) is 9.62. The quantitative estimate of drug-likeness (QED) is 0.723. The lowest BCUT2D eigenvalue weighted by Gasteiger charge is -2.62. The summed E-state index contributed by atoms with van der Waals surface area (Å²) in [5.41, 5.74) is 3.90. The molecule has 1 aromatic carbocycles. The fourth-order valence-corrected chi connectivity index (χ4v) is 7.06. The summed E-state index contributed by atoms with van der Waals surface area (Å²) in [4.78, 5) is 0. The molecule has 4 rings (SSSR count). The fourth-order valence-electron chi connectivity index (χ4n) is 7.06. The van der Waals surface area contributed by atoms with E-state index in [2.05, 4.69) is 39.8 Å². The van der Waals surface area contributed by atoms with Crippen molar-refractivity contribution in [2.24, 2.45) is 22.7 Å². The van der Waals surface area contributed by atoms with Gasteiger partial charge in [0.2, 0.25) is 0 Å². The monoisotopic (exact) mass is 328 g/mol. The highest BCUT2D eigenvalue weighted by atomic mass is 16.3. The van der Waals surface area contributed by atoms with Gasteiger partial charge < -0.3 is 10.2 Å². The highest BCUT2D eigenvalue weighted by Gasteiger charge is 2.63. The van der Waals surface area contributed by atoms with E-state index in [-0.39, 0.29) is 22.3 Å². The predicted octanol–water partition coefficient (Wildman–Crippen LogP) is 4.73. The number of phenolic OH excluding ortho intramolecular Hbond substituents is 1. The molecule has 1 aromatic rings. The van der Waals surface area contributed by atoms with Crippen LogP contribution in [0.3, 0.4) is 0 Å². The minimum atomic E-state index is -0.181. The van der Waals surface area contributed by atoms with Crippen molar-refractivity contribution in [1.82, 2.24) is 0 Å². The summed E-state index contributed by atoms with van der Waals surface area (Å²) in [6, 6.07) is 4.32. The van der Waals surface area contributed by atoms with Crippen molar-refractivity contribution in [3.63, 3.8) is 0 Å². The van der Waals surface area contributed by atoms with Crippen molar-refractivity contribution in [3.8, 4) is 5.75 Å². The van der Waals surface area contributed by atoms with Gasteiger partial charge in [0.15, 0.2) is 0 Å². The minimum Gasteiger partial charge on any atom is -0.507 e. The van der Waals surface area contributed by atoms with Gasteiger partial charge >= 0.3 is 0 Å². The van der Waals surface area contributed by atoms with Crippen LogP contribution < -0.4 is 0 Å². The number of aliphatic hydroxyl groups is 1. The summed E-state index contributed by atoms with van der Waals surface area (Å²) < 4.78 is 0. The largest absolute Gasteiger partial charge is 0.507 e. The average Bonchev–Trinajstić information content (AvgIpc) is 2.82. The Morgan fingerprint density at radius 1 is 1.00 bits per heavy atom. The summed E-state index contributed by atoms with van der Waals surface area (Å²) in [5, 5.41) is 21.4. The number of aliphatic hydroxyl groups excluding tert-OH is 1. The Balaban J connectivity index is 1.83. The Kier molecular flexibility index (Phi) is 3.28. The zero-order chi connectivity index (χ0) is 17.5. The molecular weight excluding hydrogens is 296 g/mol. The molecule has 2 N–H and O–H groups in total. The number of rotatable bonds is 0. The molecule has 0 amide bonds. The third-order valence-electron chi connectivity index (χ3n) is 8.49. The maximum absolute atomic E-state index is 10.8. The summed E-state index contributed by atoms with van der Waals surface area (Å²) >= 11 is 0. The minimum absolute atomic E-state index is 0.0128. The van der Waals surface area contributed by atoms with Crippen LogP contribution in [-0.2, 0) is 11.8 Å². The van der Waals surface area contributed by atoms with Crippen LogP contribution in [0.5, 0.6) is 5.75 Å². The van der Waals surface area contributed by atoms with Crippen molar-refractivity contribution in [1.29, 1.82) is 0 Å². The highest BCUT2D eigenvalue weighted by molar-refractivity contribution is 5.54. The molecule has 0 bridgehead atoms. The van der Waals surface area contributed by atoms with Gasteiger partial charge in [0.1, 0.15) is 5.75 Å². The lowest BCUT2D eigenvalue weighted by atomic mass is 9.43. The molecular formula is C22H32O2. The number of benzene rings is 1. The molecule has 2 heteroatoms. The fraction of sp³-hybridized carbons (Fsp3) is 0.727. The molecule has 3 aliphatic rings. The van der Waals surface area contributed by atoms with Gasteiger partial charge in [-0.3, -0.25) is 0 Å². The van der Waals surface area contributed by atoms with E-state index in [1.807, 2.05) is 6.92 Å². The summed E-state index contributed by atoms with van der Waals surface area (Å²) in [5.74, 6) is 1.66. The first kappa shape index (κ1) is 16.4. The molecule has 2 fully saturated rings. The summed E-state index contributed by atoms with van der Waals surface area (Å²) in [6.45, 7) is 11.4. The van der Waals surface area contributed by atoms with E-state index in [0.717, 1.165) is 37.7 Å². The van der Waals surface area contributed by atoms with Gasteiger partial charge in [0.25, 0.3) is 0 Å². The first-order valence-electron chi connectivity index (χ1n) is 9.62. The average molecular weight is 328 g/mol. The molecule has 132 valence electrons. The van der Waals surface area contributed by atoms with E-state index in [9.17, 15) is 10.2 Å². The van der Waals surface area contributed by atoms with Crippen LogP contribution in [0.2, 0.25) is 0 Å². The van der Waals surface area contributed by atoms with Crippen LogP contribution in [0.1, 0.15) is 70.1 Å². The van der Waals surface area contributed by atoms with Crippen molar-refractivity contribution in [3.05, 3.63) is 28.8 Å². The second-order valence-electron chi connectivity index (χ2n) is 9.91.